The Balaban J connectivity index is 0.000000404. The molecule has 0 aromatic heterocycles. The van der Waals surface area contributed by atoms with Gasteiger partial charge in [-0.15, -0.1) is 0 Å². The molecule has 0 atom stereocenters. The molecule has 0 unspecified atom stereocenters. The highest BCUT2D eigenvalue weighted by Crippen LogP contribution is 2.36. The van der Waals surface area contributed by atoms with Crippen molar-refractivity contribution in [1.29, 1.82) is 5.41 Å². The second-order valence-electron chi connectivity index (χ2n) is 6.02. The fourth-order valence-corrected chi connectivity index (χ4v) is 2.94. The summed E-state index contributed by atoms with van der Waals surface area (Å²) in [6, 6.07) is 8.31. The molecule has 10 nitrogen and oxygen atoms in total. The summed E-state index contributed by atoms with van der Waals surface area (Å²) in [5, 5.41) is 9.37. The Morgan fingerprint density at radius 1 is 1.06 bits per heavy atom. The predicted molar refractivity (Wildman–Crippen MR) is 126 cm³/mol. The molecule has 0 radical (unpaired) electrons. The zero-order chi connectivity index (χ0) is 23.7. The topological polar surface area (TPSA) is 183 Å². The number of nitrogens with one attached hydrogen (secondary N) is 2. The minimum Gasteiger partial charge on any atom is -0.293 e. The Morgan fingerprint density at radius 2 is 1.61 bits per heavy atom. The van der Waals surface area contributed by atoms with E-state index in [2.05, 4.69) is 46.9 Å². The number of benzene rings is 1. The third-order valence-corrected chi connectivity index (χ3v) is 4.13. The summed E-state index contributed by atoms with van der Waals surface area (Å²) in [7, 11) is -7.33. The number of fused-ring (bicyclic) bond motifs is 2. The molecule has 0 saturated heterocycles. The van der Waals surface area contributed by atoms with Crippen molar-refractivity contribution in [3.8, 4) is 0 Å². The highest BCUT2D eigenvalue weighted by molar-refractivity contribution is 8.06. The Morgan fingerprint density at radius 3 is 2.16 bits per heavy atom. The van der Waals surface area contributed by atoms with Gasteiger partial charge in [-0.05, 0) is 34.3 Å². The maximum Gasteiger partial charge on any atom is 0.261 e. The van der Waals surface area contributed by atoms with Gasteiger partial charge in [-0.1, -0.05) is 48.2 Å². The van der Waals surface area contributed by atoms with Gasteiger partial charge < -0.3 is 0 Å². The van der Waals surface area contributed by atoms with E-state index in [1.165, 1.54) is 16.0 Å². The van der Waals surface area contributed by atoms with E-state index in [1.807, 2.05) is 17.5 Å². The Bertz CT molecular complexity index is 1130. The minimum atomic E-state index is -3.67. The van der Waals surface area contributed by atoms with E-state index in [0.29, 0.717) is 12.5 Å². The summed E-state index contributed by atoms with van der Waals surface area (Å²) in [5.41, 5.74) is 6.72. The third-order valence-electron chi connectivity index (χ3n) is 3.13. The van der Waals surface area contributed by atoms with Crippen molar-refractivity contribution < 1.29 is 25.9 Å². The lowest BCUT2D eigenvalue weighted by Gasteiger charge is -2.11. The number of hydrogen-bond acceptors (Lipinski definition) is 7. The maximum absolute atomic E-state index is 9.19. The lowest BCUT2D eigenvalue weighted by Crippen LogP contribution is -2.27. The van der Waals surface area contributed by atoms with Crippen molar-refractivity contribution >= 4 is 56.3 Å². The molecule has 3 rings (SSSR count). The van der Waals surface area contributed by atoms with Gasteiger partial charge in [-0.25, -0.2) is 10.8 Å². The largest absolute Gasteiger partial charge is 0.293 e. The number of thioether (sulfide) groups is 1. The van der Waals surface area contributed by atoms with Crippen LogP contribution in [0.4, 0.5) is 0 Å². The molecule has 0 spiro atoms. The van der Waals surface area contributed by atoms with E-state index in [0.717, 1.165) is 11.1 Å². The molecular formula is C18H22N4O6S3. The standard InChI is InChI=1S/C16H14N4S.2CH4O3S/c17-16(20-18)19-9-11-7-14-6-5-12-3-1-2-4-13(12)8-15(14)21-10-11;2*1-5(2,3)4/h1-10H,18H2,(H2,17,20);2*1H3,(H,2,3,4). The Kier molecular flexibility index (Phi) is 10.0. The van der Waals surface area contributed by atoms with Crippen molar-refractivity contribution in [1.82, 2.24) is 5.43 Å². The zero-order valence-corrected chi connectivity index (χ0v) is 19.0. The van der Waals surface area contributed by atoms with Gasteiger partial charge in [-0.3, -0.25) is 19.9 Å². The fourth-order valence-electron chi connectivity index (χ4n) is 2.09. The molecule has 1 aliphatic heterocycles. The molecule has 1 aromatic carbocycles. The Hall–Kier alpha value is -2.55. The summed E-state index contributed by atoms with van der Waals surface area (Å²) in [4.78, 5) is 5.13. The van der Waals surface area contributed by atoms with Crippen LogP contribution in [0.25, 0.3) is 12.2 Å². The lowest BCUT2D eigenvalue weighted by atomic mass is 10.1. The Labute approximate surface area is 185 Å². The van der Waals surface area contributed by atoms with Crippen LogP contribution in [0.5, 0.6) is 0 Å². The van der Waals surface area contributed by atoms with Gasteiger partial charge in [0.25, 0.3) is 20.2 Å². The number of hydrogen-bond donors (Lipinski definition) is 5. The van der Waals surface area contributed by atoms with E-state index in [-0.39, 0.29) is 5.96 Å². The quantitative estimate of drug-likeness (QED) is 0.130. The first kappa shape index (κ1) is 26.5. The molecule has 1 aromatic rings. The molecule has 0 amide bonds. The first-order chi connectivity index (χ1) is 14.3. The molecule has 1 heterocycles. The fraction of sp³-hybridized carbons (Fsp3) is 0.111. The van der Waals surface area contributed by atoms with Crippen molar-refractivity contribution in [2.75, 3.05) is 12.5 Å². The van der Waals surface area contributed by atoms with Crippen molar-refractivity contribution in [2.45, 2.75) is 0 Å². The van der Waals surface area contributed by atoms with Gasteiger partial charge in [0.15, 0.2) is 0 Å². The van der Waals surface area contributed by atoms with E-state index < -0.39 is 20.2 Å². The highest BCUT2D eigenvalue weighted by Gasteiger charge is 2.12. The third kappa shape index (κ3) is 12.7. The van der Waals surface area contributed by atoms with E-state index in [4.69, 9.17) is 20.4 Å². The molecule has 2 aliphatic rings. The molecule has 168 valence electrons. The van der Waals surface area contributed by atoms with Crippen LogP contribution in [0.3, 0.4) is 0 Å². The summed E-state index contributed by atoms with van der Waals surface area (Å²) in [6.45, 7) is 0. The number of allylic oxidation sites excluding steroid dienone is 4. The second-order valence-corrected chi connectivity index (χ2v) is 9.87. The van der Waals surface area contributed by atoms with Gasteiger partial charge in [0.2, 0.25) is 5.96 Å². The minimum absolute atomic E-state index is 0.0653. The van der Waals surface area contributed by atoms with E-state index in [9.17, 15) is 16.8 Å². The zero-order valence-electron chi connectivity index (χ0n) is 16.6. The average Bonchev–Trinajstić information content (AvgIpc) is 2.82. The molecule has 0 fully saturated rings. The van der Waals surface area contributed by atoms with Gasteiger partial charge in [0, 0.05) is 16.7 Å². The van der Waals surface area contributed by atoms with E-state index in [1.54, 1.807) is 18.0 Å². The van der Waals surface area contributed by atoms with Crippen LogP contribution >= 0.6 is 11.8 Å². The molecule has 6 N–H and O–H groups in total. The van der Waals surface area contributed by atoms with Gasteiger partial charge in [0.1, 0.15) is 0 Å². The first-order valence-corrected chi connectivity index (χ1v) is 12.9. The number of aliphatic imine (C=N–C) groups is 1. The van der Waals surface area contributed by atoms with Crippen LogP contribution in [0.2, 0.25) is 0 Å². The predicted octanol–water partition coefficient (Wildman–Crippen LogP) is 2.09. The van der Waals surface area contributed by atoms with E-state index >= 15 is 0 Å². The normalized spacial score (nSPS) is 14.8. The van der Waals surface area contributed by atoms with Crippen molar-refractivity contribution in [2.24, 2.45) is 10.8 Å². The monoisotopic (exact) mass is 486 g/mol. The van der Waals surface area contributed by atoms with Crippen LogP contribution in [0, 0.1) is 5.41 Å². The van der Waals surface area contributed by atoms with Crippen molar-refractivity contribution in [3.05, 3.63) is 69.0 Å². The molecule has 0 saturated carbocycles. The summed E-state index contributed by atoms with van der Waals surface area (Å²) >= 11 is 1.66. The average molecular weight is 487 g/mol. The number of nitrogens with zero attached hydrogens (tertiary/aromatic N) is 1. The highest BCUT2D eigenvalue weighted by atomic mass is 32.2. The number of hydrazine groups is 1. The SMILES string of the molecule is CS(=O)(=O)O.CS(=O)(=O)O.N=C(N=CC1=CSC2=Cc3ccccc3C=CC2=C1)NN. The molecule has 1 aliphatic carbocycles. The second kappa shape index (κ2) is 11.7. The van der Waals surface area contributed by atoms with Crippen LogP contribution in [0.1, 0.15) is 11.1 Å². The van der Waals surface area contributed by atoms with Crippen LogP contribution in [-0.2, 0) is 20.2 Å². The number of guanidine groups is 1. The molecular weight excluding hydrogens is 464 g/mol. The summed E-state index contributed by atoms with van der Waals surface area (Å²) in [5.74, 6) is 5.05. The van der Waals surface area contributed by atoms with Gasteiger partial charge in [-0.2, -0.15) is 16.8 Å². The smallest absolute Gasteiger partial charge is 0.261 e. The molecule has 31 heavy (non-hydrogen) atoms. The summed E-state index contributed by atoms with van der Waals surface area (Å²) < 4.78 is 51.7. The van der Waals surface area contributed by atoms with Crippen molar-refractivity contribution in [3.63, 3.8) is 0 Å². The first-order valence-electron chi connectivity index (χ1n) is 8.28. The van der Waals surface area contributed by atoms with Crippen LogP contribution in [0.15, 0.2) is 62.9 Å². The number of rotatable bonds is 1. The summed E-state index contributed by atoms with van der Waals surface area (Å²) in [6.07, 6.45) is 11.5. The number of nitrogens with two attached hydrogens (primary N) is 1. The van der Waals surface area contributed by atoms with Gasteiger partial charge >= 0.3 is 0 Å². The van der Waals surface area contributed by atoms with Crippen LogP contribution in [-0.4, -0.2) is 50.6 Å². The van der Waals surface area contributed by atoms with Crippen LogP contribution < -0.4 is 11.3 Å². The lowest BCUT2D eigenvalue weighted by molar-refractivity contribution is 0.488. The molecule has 0 bridgehead atoms. The maximum atomic E-state index is 9.19. The van der Waals surface area contributed by atoms with Gasteiger partial charge in [0.05, 0.1) is 12.5 Å². The molecule has 13 heteroatoms.